The van der Waals surface area contributed by atoms with Gasteiger partial charge in [-0.25, -0.2) is 0 Å². The van der Waals surface area contributed by atoms with Gasteiger partial charge in [-0.15, -0.1) is 21.5 Å². The zero-order valence-corrected chi connectivity index (χ0v) is 13.1. The van der Waals surface area contributed by atoms with Gasteiger partial charge in [0.25, 0.3) is 0 Å². The highest BCUT2D eigenvalue weighted by atomic mass is 32.1. The molecule has 8 nitrogen and oxygen atoms in total. The van der Waals surface area contributed by atoms with Crippen molar-refractivity contribution in [3.05, 3.63) is 27.1 Å². The number of thiophene rings is 1. The molecular weight excluding hydrogens is 326 g/mol. The lowest BCUT2D eigenvalue weighted by atomic mass is 9.96. The Labute approximate surface area is 133 Å². The van der Waals surface area contributed by atoms with Gasteiger partial charge in [-0.2, -0.15) is 0 Å². The molecule has 2 aromatic rings. The van der Waals surface area contributed by atoms with E-state index in [2.05, 4.69) is 15.5 Å². The number of carbonyl (C=O) groups excluding carboxylic acids is 1. The lowest BCUT2D eigenvalue weighted by molar-refractivity contribution is -0.383. The Balaban J connectivity index is 1.59. The van der Waals surface area contributed by atoms with Crippen LogP contribution in [0.3, 0.4) is 0 Å². The van der Waals surface area contributed by atoms with E-state index in [1.54, 1.807) is 10.9 Å². The van der Waals surface area contributed by atoms with Gasteiger partial charge < -0.3 is 10.2 Å². The molecule has 1 aliphatic heterocycles. The molecule has 0 unspecified atom stereocenters. The van der Waals surface area contributed by atoms with E-state index in [0.717, 1.165) is 0 Å². The molecule has 1 N–H and O–H groups in total. The first-order valence-corrected chi connectivity index (χ1v) is 8.45. The molecule has 0 aliphatic carbocycles. The van der Waals surface area contributed by atoms with Crippen molar-refractivity contribution in [2.75, 3.05) is 23.3 Å². The van der Waals surface area contributed by atoms with Crippen LogP contribution in [0.5, 0.6) is 0 Å². The number of aromatic nitrogens is 2. The van der Waals surface area contributed by atoms with Crippen molar-refractivity contribution in [1.29, 1.82) is 0 Å². The van der Waals surface area contributed by atoms with Gasteiger partial charge in [0.15, 0.2) is 5.00 Å². The maximum atomic E-state index is 12.1. The van der Waals surface area contributed by atoms with Crippen molar-refractivity contribution >= 4 is 44.4 Å². The van der Waals surface area contributed by atoms with Crippen LogP contribution in [-0.2, 0) is 4.79 Å². The summed E-state index contributed by atoms with van der Waals surface area (Å²) in [5.74, 6) is -0.156. The number of rotatable bonds is 4. The third-order valence-electron chi connectivity index (χ3n) is 3.56. The van der Waals surface area contributed by atoms with Gasteiger partial charge >= 0.3 is 5.69 Å². The van der Waals surface area contributed by atoms with Crippen LogP contribution in [0.1, 0.15) is 12.8 Å². The zero-order chi connectivity index (χ0) is 15.5. The largest absolute Gasteiger partial charge is 0.358 e. The molecule has 1 aliphatic rings. The average Bonchev–Trinajstić information content (AvgIpc) is 3.18. The molecule has 1 fully saturated rings. The summed E-state index contributed by atoms with van der Waals surface area (Å²) in [4.78, 5) is 24.7. The first-order chi connectivity index (χ1) is 10.6. The monoisotopic (exact) mass is 339 g/mol. The van der Waals surface area contributed by atoms with Gasteiger partial charge in [-0.3, -0.25) is 14.9 Å². The first kappa shape index (κ1) is 14.9. The topological polar surface area (TPSA) is 101 Å². The fourth-order valence-electron chi connectivity index (χ4n) is 2.45. The van der Waals surface area contributed by atoms with Gasteiger partial charge in [0.2, 0.25) is 11.0 Å². The van der Waals surface area contributed by atoms with Gasteiger partial charge in [0, 0.05) is 25.1 Å². The molecule has 1 saturated heterocycles. The van der Waals surface area contributed by atoms with Gasteiger partial charge in [0.05, 0.1) is 4.92 Å². The number of amides is 1. The summed E-state index contributed by atoms with van der Waals surface area (Å²) < 4.78 is 0. The number of anilines is 2. The summed E-state index contributed by atoms with van der Waals surface area (Å²) >= 11 is 2.65. The molecule has 10 heteroatoms. The summed E-state index contributed by atoms with van der Waals surface area (Å²) in [5.41, 5.74) is 1.70. The van der Waals surface area contributed by atoms with E-state index >= 15 is 0 Å². The second kappa shape index (κ2) is 6.36. The molecule has 3 rings (SSSR count). The normalized spacial score (nSPS) is 15.7. The molecule has 22 heavy (non-hydrogen) atoms. The SMILES string of the molecule is O=C(Nc1nncs1)C1CCN(c2sccc2[N+](=O)[O-])CC1. The summed E-state index contributed by atoms with van der Waals surface area (Å²) in [6.07, 6.45) is 1.33. The minimum atomic E-state index is -0.361. The number of carbonyl (C=O) groups is 1. The highest BCUT2D eigenvalue weighted by Crippen LogP contribution is 2.36. The van der Waals surface area contributed by atoms with Crippen LogP contribution < -0.4 is 10.2 Å². The van der Waals surface area contributed by atoms with E-state index in [0.29, 0.717) is 36.1 Å². The van der Waals surface area contributed by atoms with Crippen LogP contribution in [-0.4, -0.2) is 34.1 Å². The quantitative estimate of drug-likeness (QED) is 0.678. The lowest BCUT2D eigenvalue weighted by Crippen LogP contribution is -2.38. The zero-order valence-electron chi connectivity index (χ0n) is 11.5. The minimum absolute atomic E-state index is 0.0583. The Bertz CT molecular complexity index is 664. The van der Waals surface area contributed by atoms with Crippen molar-refractivity contribution in [2.24, 2.45) is 5.92 Å². The molecule has 1 amide bonds. The molecule has 0 saturated carbocycles. The highest BCUT2D eigenvalue weighted by molar-refractivity contribution is 7.14. The number of hydrogen-bond donors (Lipinski definition) is 1. The molecule has 0 aromatic carbocycles. The van der Waals surface area contributed by atoms with Crippen LogP contribution in [0, 0.1) is 16.0 Å². The van der Waals surface area contributed by atoms with Crippen LogP contribution in [0.15, 0.2) is 17.0 Å². The molecule has 3 heterocycles. The Kier molecular flexibility index (Phi) is 4.29. The van der Waals surface area contributed by atoms with Crippen molar-refractivity contribution in [2.45, 2.75) is 12.8 Å². The number of piperidine rings is 1. The predicted octanol–water partition coefficient (Wildman–Crippen LogP) is 2.36. The number of nitro groups is 1. The Morgan fingerprint density at radius 3 is 2.82 bits per heavy atom. The van der Waals surface area contributed by atoms with Crippen molar-refractivity contribution in [3.8, 4) is 0 Å². The van der Waals surface area contributed by atoms with E-state index in [1.165, 1.54) is 28.7 Å². The van der Waals surface area contributed by atoms with E-state index < -0.39 is 0 Å². The smallest absolute Gasteiger partial charge is 0.303 e. The van der Waals surface area contributed by atoms with E-state index in [4.69, 9.17) is 0 Å². The predicted molar refractivity (Wildman–Crippen MR) is 84.4 cm³/mol. The van der Waals surface area contributed by atoms with Crippen molar-refractivity contribution in [1.82, 2.24) is 10.2 Å². The third kappa shape index (κ3) is 3.07. The summed E-state index contributed by atoms with van der Waals surface area (Å²) in [6.45, 7) is 1.27. The first-order valence-electron chi connectivity index (χ1n) is 6.69. The summed E-state index contributed by atoms with van der Waals surface area (Å²) in [5, 5.41) is 24.1. The third-order valence-corrected chi connectivity index (χ3v) is 5.13. The van der Waals surface area contributed by atoms with Gasteiger partial charge in [-0.1, -0.05) is 11.3 Å². The van der Waals surface area contributed by atoms with Gasteiger partial charge in [-0.05, 0) is 18.2 Å². The fourth-order valence-corrected chi connectivity index (χ4v) is 3.82. The fraction of sp³-hybridized carbons (Fsp3) is 0.417. The second-order valence-electron chi connectivity index (χ2n) is 4.86. The van der Waals surface area contributed by atoms with Crippen molar-refractivity contribution in [3.63, 3.8) is 0 Å². The lowest BCUT2D eigenvalue weighted by Gasteiger charge is -2.31. The molecule has 0 spiro atoms. The minimum Gasteiger partial charge on any atom is -0.358 e. The molecule has 0 bridgehead atoms. The van der Waals surface area contributed by atoms with E-state index in [-0.39, 0.29) is 22.4 Å². The van der Waals surface area contributed by atoms with E-state index in [9.17, 15) is 14.9 Å². The molecular formula is C12H13N5O3S2. The maximum absolute atomic E-state index is 12.1. The number of nitrogens with zero attached hydrogens (tertiary/aromatic N) is 4. The molecule has 0 radical (unpaired) electrons. The standard InChI is InChI=1S/C12H13N5O3S2/c18-10(14-12-15-13-7-22-12)8-1-4-16(5-2-8)11-9(17(19)20)3-6-21-11/h3,6-8H,1-2,4-5H2,(H,14,15,18). The molecule has 2 aromatic heterocycles. The molecule has 0 atom stereocenters. The highest BCUT2D eigenvalue weighted by Gasteiger charge is 2.29. The van der Waals surface area contributed by atoms with Crippen molar-refractivity contribution < 1.29 is 9.72 Å². The van der Waals surface area contributed by atoms with Crippen LogP contribution >= 0.6 is 22.7 Å². The number of hydrogen-bond acceptors (Lipinski definition) is 8. The van der Waals surface area contributed by atoms with E-state index in [1.807, 2.05) is 4.90 Å². The van der Waals surface area contributed by atoms with Crippen LogP contribution in [0.25, 0.3) is 0 Å². The van der Waals surface area contributed by atoms with Gasteiger partial charge in [0.1, 0.15) is 5.51 Å². The maximum Gasteiger partial charge on any atom is 0.303 e. The Morgan fingerprint density at radius 1 is 1.41 bits per heavy atom. The average molecular weight is 339 g/mol. The summed E-state index contributed by atoms with van der Waals surface area (Å²) in [7, 11) is 0. The summed E-state index contributed by atoms with van der Waals surface area (Å²) in [6, 6.07) is 1.52. The van der Waals surface area contributed by atoms with Crippen LogP contribution in [0.4, 0.5) is 15.8 Å². The number of nitrogens with one attached hydrogen (secondary N) is 1. The second-order valence-corrected chi connectivity index (χ2v) is 6.59. The Morgan fingerprint density at radius 2 is 2.18 bits per heavy atom. The Hall–Kier alpha value is -2.07. The van der Waals surface area contributed by atoms with Crippen LogP contribution in [0.2, 0.25) is 0 Å². The molecule has 116 valence electrons.